The van der Waals surface area contributed by atoms with E-state index >= 15 is 0 Å². The van der Waals surface area contributed by atoms with Crippen molar-refractivity contribution in [3.8, 4) is 0 Å². The van der Waals surface area contributed by atoms with Gasteiger partial charge in [0.2, 0.25) is 0 Å². The number of methoxy groups -OCH3 is 1. The standard InChI is InChI=1S/C16H34N2O3/c1-7-21-16(19)15(17-14(4)5)8-9-18(10-11-20-6)12-13(2)3/h13-15,17H,7-12H2,1-6H3. The van der Waals surface area contributed by atoms with Gasteiger partial charge >= 0.3 is 5.97 Å². The Bertz CT molecular complexity index is 270. The van der Waals surface area contributed by atoms with Gasteiger partial charge in [-0.15, -0.1) is 0 Å². The Morgan fingerprint density at radius 2 is 1.86 bits per heavy atom. The summed E-state index contributed by atoms with van der Waals surface area (Å²) in [6.07, 6.45) is 0.757. The lowest BCUT2D eigenvalue weighted by Crippen LogP contribution is -2.44. The molecule has 0 rings (SSSR count). The Hall–Kier alpha value is -0.650. The number of rotatable bonds is 12. The van der Waals surface area contributed by atoms with E-state index in [1.54, 1.807) is 7.11 Å². The van der Waals surface area contributed by atoms with Crippen LogP contribution in [0.3, 0.4) is 0 Å². The Morgan fingerprint density at radius 3 is 2.33 bits per heavy atom. The quantitative estimate of drug-likeness (QED) is 0.558. The van der Waals surface area contributed by atoms with Gasteiger partial charge in [-0.1, -0.05) is 27.7 Å². The highest BCUT2D eigenvalue weighted by Crippen LogP contribution is 2.04. The zero-order chi connectivity index (χ0) is 16.3. The third kappa shape index (κ3) is 10.7. The van der Waals surface area contributed by atoms with Crippen molar-refractivity contribution in [3.63, 3.8) is 0 Å². The number of esters is 1. The summed E-state index contributed by atoms with van der Waals surface area (Å²) in [6.45, 7) is 14.3. The van der Waals surface area contributed by atoms with Crippen molar-refractivity contribution in [2.24, 2.45) is 5.92 Å². The molecule has 0 aromatic carbocycles. The number of nitrogens with zero attached hydrogens (tertiary/aromatic N) is 1. The average Bonchev–Trinajstić information content (AvgIpc) is 2.39. The largest absolute Gasteiger partial charge is 0.465 e. The lowest BCUT2D eigenvalue weighted by atomic mass is 10.1. The highest BCUT2D eigenvalue weighted by Gasteiger charge is 2.21. The molecule has 1 N–H and O–H groups in total. The molecular weight excluding hydrogens is 268 g/mol. The Kier molecular flexibility index (Phi) is 11.6. The molecule has 0 aromatic heterocycles. The minimum absolute atomic E-state index is 0.151. The lowest BCUT2D eigenvalue weighted by molar-refractivity contribution is -0.146. The third-order valence-electron chi connectivity index (χ3n) is 3.07. The first kappa shape index (κ1) is 20.3. The number of carbonyl (C=O) groups excluding carboxylic acids is 1. The Labute approximate surface area is 130 Å². The van der Waals surface area contributed by atoms with Crippen LogP contribution in [-0.2, 0) is 14.3 Å². The summed E-state index contributed by atoms with van der Waals surface area (Å²) < 4.78 is 10.3. The fourth-order valence-corrected chi connectivity index (χ4v) is 2.26. The molecule has 0 amide bonds. The van der Waals surface area contributed by atoms with E-state index in [9.17, 15) is 4.79 Å². The maximum Gasteiger partial charge on any atom is 0.323 e. The maximum atomic E-state index is 12.0. The monoisotopic (exact) mass is 302 g/mol. The molecule has 0 aliphatic carbocycles. The molecule has 0 aliphatic heterocycles. The van der Waals surface area contributed by atoms with Crippen molar-refractivity contribution in [2.75, 3.05) is 40.0 Å². The Balaban J connectivity index is 4.46. The minimum Gasteiger partial charge on any atom is -0.465 e. The highest BCUT2D eigenvalue weighted by atomic mass is 16.5. The van der Waals surface area contributed by atoms with Crippen LogP contribution in [0.2, 0.25) is 0 Å². The molecule has 0 bridgehead atoms. The van der Waals surface area contributed by atoms with Gasteiger partial charge in [-0.05, 0) is 19.3 Å². The molecule has 21 heavy (non-hydrogen) atoms. The fourth-order valence-electron chi connectivity index (χ4n) is 2.26. The molecule has 0 saturated carbocycles. The smallest absolute Gasteiger partial charge is 0.323 e. The van der Waals surface area contributed by atoms with Crippen LogP contribution in [0.1, 0.15) is 41.0 Å². The van der Waals surface area contributed by atoms with Crippen LogP contribution in [0.4, 0.5) is 0 Å². The second-order valence-electron chi connectivity index (χ2n) is 6.10. The van der Waals surface area contributed by atoms with Gasteiger partial charge in [-0.25, -0.2) is 0 Å². The van der Waals surface area contributed by atoms with E-state index in [-0.39, 0.29) is 18.1 Å². The van der Waals surface area contributed by atoms with Crippen molar-refractivity contribution in [3.05, 3.63) is 0 Å². The van der Waals surface area contributed by atoms with Crippen LogP contribution in [0, 0.1) is 5.92 Å². The first-order chi connectivity index (χ1) is 9.90. The zero-order valence-corrected chi connectivity index (χ0v) is 14.6. The summed E-state index contributed by atoms with van der Waals surface area (Å²) in [6, 6.07) is 0.0269. The molecule has 0 saturated heterocycles. The summed E-state index contributed by atoms with van der Waals surface area (Å²) in [5.74, 6) is 0.448. The lowest BCUT2D eigenvalue weighted by Gasteiger charge is -2.27. The van der Waals surface area contributed by atoms with E-state index in [0.717, 1.165) is 26.1 Å². The van der Waals surface area contributed by atoms with Crippen molar-refractivity contribution in [2.45, 2.75) is 53.1 Å². The van der Waals surface area contributed by atoms with Crippen molar-refractivity contribution >= 4 is 5.97 Å². The third-order valence-corrected chi connectivity index (χ3v) is 3.07. The second-order valence-corrected chi connectivity index (χ2v) is 6.10. The van der Waals surface area contributed by atoms with Crippen LogP contribution in [0.15, 0.2) is 0 Å². The predicted octanol–water partition coefficient (Wildman–Crippen LogP) is 1.91. The van der Waals surface area contributed by atoms with E-state index in [2.05, 4.69) is 24.1 Å². The average molecular weight is 302 g/mol. The van der Waals surface area contributed by atoms with E-state index in [1.165, 1.54) is 0 Å². The summed E-state index contributed by atoms with van der Waals surface area (Å²) >= 11 is 0. The molecule has 126 valence electrons. The molecule has 5 heteroatoms. The van der Waals surface area contributed by atoms with Crippen LogP contribution < -0.4 is 5.32 Å². The highest BCUT2D eigenvalue weighted by molar-refractivity contribution is 5.75. The van der Waals surface area contributed by atoms with Crippen LogP contribution >= 0.6 is 0 Å². The topological polar surface area (TPSA) is 50.8 Å². The molecule has 0 heterocycles. The van der Waals surface area contributed by atoms with Gasteiger partial charge in [0.15, 0.2) is 0 Å². The van der Waals surface area contributed by atoms with Gasteiger partial charge in [0.1, 0.15) is 6.04 Å². The summed E-state index contributed by atoms with van der Waals surface area (Å²) in [5.41, 5.74) is 0. The van der Waals surface area contributed by atoms with E-state index in [4.69, 9.17) is 9.47 Å². The summed E-state index contributed by atoms with van der Waals surface area (Å²) in [5, 5.41) is 3.30. The number of hydrogen-bond acceptors (Lipinski definition) is 5. The second kappa shape index (κ2) is 12.0. The van der Waals surface area contributed by atoms with Crippen molar-refractivity contribution in [1.29, 1.82) is 0 Å². The van der Waals surface area contributed by atoms with Crippen molar-refractivity contribution in [1.82, 2.24) is 10.2 Å². The van der Waals surface area contributed by atoms with E-state index in [0.29, 0.717) is 19.1 Å². The molecular formula is C16H34N2O3. The Morgan fingerprint density at radius 1 is 1.19 bits per heavy atom. The molecule has 0 spiro atoms. The maximum absolute atomic E-state index is 12.0. The van der Waals surface area contributed by atoms with E-state index in [1.807, 2.05) is 20.8 Å². The summed E-state index contributed by atoms with van der Waals surface area (Å²) in [4.78, 5) is 14.3. The molecule has 0 aromatic rings. The number of nitrogens with one attached hydrogen (secondary N) is 1. The number of ether oxygens (including phenoxy) is 2. The van der Waals surface area contributed by atoms with Crippen LogP contribution in [0.5, 0.6) is 0 Å². The van der Waals surface area contributed by atoms with Gasteiger partial charge in [-0.2, -0.15) is 0 Å². The molecule has 1 atom stereocenters. The van der Waals surface area contributed by atoms with Crippen molar-refractivity contribution < 1.29 is 14.3 Å². The van der Waals surface area contributed by atoms with E-state index < -0.39 is 0 Å². The molecule has 1 unspecified atom stereocenters. The molecule has 0 fully saturated rings. The zero-order valence-electron chi connectivity index (χ0n) is 14.6. The van der Waals surface area contributed by atoms with Crippen LogP contribution in [-0.4, -0.2) is 62.9 Å². The predicted molar refractivity (Wildman–Crippen MR) is 86.5 cm³/mol. The number of carbonyl (C=O) groups is 1. The normalized spacial score (nSPS) is 13.2. The SMILES string of the molecule is CCOC(=O)C(CCN(CCOC)CC(C)C)NC(C)C. The van der Waals surface area contributed by atoms with Gasteiger partial charge in [-0.3, -0.25) is 4.79 Å². The van der Waals surface area contributed by atoms with Gasteiger partial charge in [0.05, 0.1) is 13.2 Å². The molecule has 0 radical (unpaired) electrons. The minimum atomic E-state index is -0.234. The summed E-state index contributed by atoms with van der Waals surface area (Å²) in [7, 11) is 1.72. The number of hydrogen-bond donors (Lipinski definition) is 1. The van der Waals surface area contributed by atoms with Gasteiger partial charge < -0.3 is 19.7 Å². The van der Waals surface area contributed by atoms with Crippen LogP contribution in [0.25, 0.3) is 0 Å². The first-order valence-corrected chi connectivity index (χ1v) is 8.04. The molecule has 5 nitrogen and oxygen atoms in total. The molecule has 0 aliphatic rings. The van der Waals surface area contributed by atoms with Gasteiger partial charge in [0, 0.05) is 32.8 Å². The first-order valence-electron chi connectivity index (χ1n) is 8.04. The fraction of sp³-hybridized carbons (Fsp3) is 0.938. The van der Waals surface area contributed by atoms with Gasteiger partial charge in [0.25, 0.3) is 0 Å².